The minimum atomic E-state index is -0.192. The molecule has 126 valence electrons. The van der Waals surface area contributed by atoms with Gasteiger partial charge in [-0.1, -0.05) is 12.1 Å². The zero-order valence-electron chi connectivity index (χ0n) is 13.6. The summed E-state index contributed by atoms with van der Waals surface area (Å²) in [5.41, 5.74) is 3.08. The van der Waals surface area contributed by atoms with Gasteiger partial charge in [0.15, 0.2) is 0 Å². The minimum Gasteiger partial charge on any atom is -0.497 e. The number of ether oxygens (including phenoxy) is 1. The molecule has 1 aromatic carbocycles. The SMILES string of the molecule is COc1ccc(C2CN(C(C)=O)CCN2C(=O)c2cscn2)cc1. The molecule has 0 N–H and O–H groups in total. The van der Waals surface area contributed by atoms with E-state index in [0.29, 0.717) is 25.3 Å². The van der Waals surface area contributed by atoms with E-state index in [1.165, 1.54) is 11.3 Å². The molecule has 0 radical (unpaired) electrons. The maximum Gasteiger partial charge on any atom is 0.273 e. The van der Waals surface area contributed by atoms with E-state index in [4.69, 9.17) is 4.74 Å². The molecule has 1 unspecified atom stereocenters. The molecule has 7 heteroatoms. The van der Waals surface area contributed by atoms with Crippen LogP contribution in [0.15, 0.2) is 35.2 Å². The smallest absolute Gasteiger partial charge is 0.273 e. The Kier molecular flexibility index (Phi) is 4.80. The second-order valence-electron chi connectivity index (χ2n) is 5.63. The van der Waals surface area contributed by atoms with Crippen LogP contribution in [0.3, 0.4) is 0 Å². The summed E-state index contributed by atoms with van der Waals surface area (Å²) in [6, 6.07) is 7.42. The molecule has 0 spiro atoms. The molecule has 1 saturated heterocycles. The van der Waals surface area contributed by atoms with Crippen molar-refractivity contribution in [2.24, 2.45) is 0 Å². The van der Waals surface area contributed by atoms with Gasteiger partial charge in [0.05, 0.1) is 18.7 Å². The molecule has 0 aliphatic carbocycles. The van der Waals surface area contributed by atoms with Crippen molar-refractivity contribution in [1.29, 1.82) is 0 Å². The molecule has 1 atom stereocenters. The summed E-state index contributed by atoms with van der Waals surface area (Å²) < 4.78 is 5.20. The second kappa shape index (κ2) is 7.00. The van der Waals surface area contributed by atoms with Crippen molar-refractivity contribution in [1.82, 2.24) is 14.8 Å². The third kappa shape index (κ3) is 3.26. The summed E-state index contributed by atoms with van der Waals surface area (Å²) in [5, 5.41) is 1.75. The molecule has 0 saturated carbocycles. The van der Waals surface area contributed by atoms with Crippen LogP contribution in [0.1, 0.15) is 29.0 Å². The second-order valence-corrected chi connectivity index (χ2v) is 6.34. The lowest BCUT2D eigenvalue weighted by molar-refractivity contribution is -0.131. The number of amides is 2. The summed E-state index contributed by atoms with van der Waals surface area (Å²) in [6.45, 7) is 3.07. The first-order valence-corrected chi connectivity index (χ1v) is 8.63. The highest BCUT2D eigenvalue weighted by Gasteiger charge is 2.33. The van der Waals surface area contributed by atoms with E-state index >= 15 is 0 Å². The third-order valence-corrected chi connectivity index (χ3v) is 4.83. The number of benzene rings is 1. The van der Waals surface area contributed by atoms with Crippen molar-refractivity contribution in [2.45, 2.75) is 13.0 Å². The van der Waals surface area contributed by atoms with E-state index in [9.17, 15) is 9.59 Å². The number of methoxy groups -OCH3 is 1. The van der Waals surface area contributed by atoms with Crippen LogP contribution in [-0.2, 0) is 4.79 Å². The standard InChI is InChI=1S/C17H19N3O3S/c1-12(21)19-7-8-20(17(22)15-10-24-11-18-15)16(9-19)13-3-5-14(23-2)6-4-13/h3-6,10-11,16H,7-9H2,1-2H3. The van der Waals surface area contributed by atoms with Crippen LogP contribution in [0.4, 0.5) is 0 Å². The van der Waals surface area contributed by atoms with Crippen molar-refractivity contribution in [2.75, 3.05) is 26.7 Å². The van der Waals surface area contributed by atoms with Gasteiger partial charge in [-0.05, 0) is 17.7 Å². The van der Waals surface area contributed by atoms with E-state index in [0.717, 1.165) is 11.3 Å². The van der Waals surface area contributed by atoms with Crippen LogP contribution in [0, 0.1) is 0 Å². The van der Waals surface area contributed by atoms with Gasteiger partial charge in [-0.15, -0.1) is 11.3 Å². The van der Waals surface area contributed by atoms with E-state index in [2.05, 4.69) is 4.98 Å². The topological polar surface area (TPSA) is 62.7 Å². The van der Waals surface area contributed by atoms with Crippen LogP contribution in [-0.4, -0.2) is 53.3 Å². The van der Waals surface area contributed by atoms with Gasteiger partial charge in [0, 0.05) is 31.9 Å². The number of nitrogens with zero attached hydrogens (tertiary/aromatic N) is 3. The monoisotopic (exact) mass is 345 g/mol. The Hall–Kier alpha value is -2.41. The van der Waals surface area contributed by atoms with Crippen LogP contribution < -0.4 is 4.74 Å². The van der Waals surface area contributed by atoms with Gasteiger partial charge in [0.2, 0.25) is 5.91 Å². The fraction of sp³-hybridized carbons (Fsp3) is 0.353. The number of aromatic nitrogens is 1. The van der Waals surface area contributed by atoms with Gasteiger partial charge < -0.3 is 14.5 Å². The van der Waals surface area contributed by atoms with E-state index in [-0.39, 0.29) is 17.9 Å². The Labute approximate surface area is 144 Å². The highest BCUT2D eigenvalue weighted by Crippen LogP contribution is 2.28. The van der Waals surface area contributed by atoms with Gasteiger partial charge in [-0.2, -0.15) is 0 Å². The third-order valence-electron chi connectivity index (χ3n) is 4.24. The van der Waals surface area contributed by atoms with Crippen molar-refractivity contribution in [3.05, 3.63) is 46.4 Å². The molecular formula is C17H19N3O3S. The Bertz CT molecular complexity index is 715. The number of piperazine rings is 1. The highest BCUT2D eigenvalue weighted by atomic mass is 32.1. The van der Waals surface area contributed by atoms with Crippen molar-refractivity contribution in [3.8, 4) is 5.75 Å². The van der Waals surface area contributed by atoms with E-state index in [1.807, 2.05) is 24.3 Å². The zero-order chi connectivity index (χ0) is 17.1. The molecule has 24 heavy (non-hydrogen) atoms. The Balaban J connectivity index is 1.90. The first-order valence-electron chi connectivity index (χ1n) is 7.68. The lowest BCUT2D eigenvalue weighted by atomic mass is 10.0. The average molecular weight is 345 g/mol. The van der Waals surface area contributed by atoms with E-state index < -0.39 is 0 Å². The number of rotatable bonds is 3. The highest BCUT2D eigenvalue weighted by molar-refractivity contribution is 7.07. The molecule has 2 aromatic rings. The average Bonchev–Trinajstić information content (AvgIpc) is 3.15. The minimum absolute atomic E-state index is 0.0225. The lowest BCUT2D eigenvalue weighted by Crippen LogP contribution is -2.51. The van der Waals surface area contributed by atoms with Crippen molar-refractivity contribution < 1.29 is 14.3 Å². The van der Waals surface area contributed by atoms with Gasteiger partial charge in [0.1, 0.15) is 11.4 Å². The zero-order valence-corrected chi connectivity index (χ0v) is 14.5. The molecule has 1 aliphatic heterocycles. The number of thiazole rings is 1. The normalized spacial score (nSPS) is 17.7. The van der Waals surface area contributed by atoms with Crippen molar-refractivity contribution >= 4 is 23.2 Å². The predicted octanol–water partition coefficient (Wildman–Crippen LogP) is 2.20. The summed E-state index contributed by atoms with van der Waals surface area (Å²) in [4.78, 5) is 32.3. The Morgan fingerprint density at radius 3 is 2.58 bits per heavy atom. The fourth-order valence-electron chi connectivity index (χ4n) is 2.89. The molecular weight excluding hydrogens is 326 g/mol. The summed E-state index contributed by atoms with van der Waals surface area (Å²) in [5.74, 6) is 0.685. The quantitative estimate of drug-likeness (QED) is 0.855. The lowest BCUT2D eigenvalue weighted by Gasteiger charge is -2.41. The summed E-state index contributed by atoms with van der Waals surface area (Å²) in [6.07, 6.45) is 0. The molecule has 1 fully saturated rings. The van der Waals surface area contributed by atoms with Gasteiger partial charge >= 0.3 is 0 Å². The van der Waals surface area contributed by atoms with Crippen LogP contribution in [0.5, 0.6) is 5.75 Å². The maximum atomic E-state index is 12.8. The van der Waals surface area contributed by atoms with Gasteiger partial charge in [0.25, 0.3) is 5.91 Å². The number of carbonyl (C=O) groups is 2. The largest absolute Gasteiger partial charge is 0.497 e. The van der Waals surface area contributed by atoms with E-state index in [1.54, 1.807) is 34.7 Å². The van der Waals surface area contributed by atoms with Gasteiger partial charge in [-0.3, -0.25) is 9.59 Å². The molecule has 0 bridgehead atoms. The molecule has 1 aliphatic rings. The number of hydrogen-bond acceptors (Lipinski definition) is 5. The van der Waals surface area contributed by atoms with Crippen LogP contribution >= 0.6 is 11.3 Å². The maximum absolute atomic E-state index is 12.8. The molecule has 2 amide bonds. The molecule has 1 aromatic heterocycles. The Morgan fingerprint density at radius 2 is 2.00 bits per heavy atom. The molecule has 2 heterocycles. The predicted molar refractivity (Wildman–Crippen MR) is 91.1 cm³/mol. The molecule has 3 rings (SSSR count). The number of hydrogen-bond donors (Lipinski definition) is 0. The number of carbonyl (C=O) groups excluding carboxylic acids is 2. The first kappa shape index (κ1) is 16.4. The fourth-order valence-corrected chi connectivity index (χ4v) is 3.41. The summed E-state index contributed by atoms with van der Waals surface area (Å²) >= 11 is 1.40. The van der Waals surface area contributed by atoms with Crippen LogP contribution in [0.25, 0.3) is 0 Å². The van der Waals surface area contributed by atoms with Gasteiger partial charge in [-0.25, -0.2) is 4.98 Å². The first-order chi connectivity index (χ1) is 11.6. The van der Waals surface area contributed by atoms with Crippen molar-refractivity contribution in [3.63, 3.8) is 0 Å². The Morgan fingerprint density at radius 1 is 1.25 bits per heavy atom. The summed E-state index contributed by atoms with van der Waals surface area (Å²) in [7, 11) is 1.62. The molecule has 6 nitrogen and oxygen atoms in total. The van der Waals surface area contributed by atoms with Crippen LogP contribution in [0.2, 0.25) is 0 Å².